The van der Waals surface area contributed by atoms with E-state index in [1.165, 1.54) is 0 Å². The molecule has 0 saturated heterocycles. The van der Waals surface area contributed by atoms with Gasteiger partial charge in [-0.05, 0) is 0 Å². The molecule has 2 rings (SSSR count). The molecule has 3 heteroatoms. The van der Waals surface area contributed by atoms with Gasteiger partial charge in [0.1, 0.15) is 6.33 Å². The van der Waals surface area contributed by atoms with E-state index in [-0.39, 0.29) is 0 Å². The van der Waals surface area contributed by atoms with Gasteiger partial charge in [0.15, 0.2) is 0 Å². The molecule has 2 aromatic rings. The summed E-state index contributed by atoms with van der Waals surface area (Å²) < 4.78 is 1.64. The lowest BCUT2D eigenvalue weighted by molar-refractivity contribution is 1.25. The molecule has 0 unspecified atom stereocenters. The summed E-state index contributed by atoms with van der Waals surface area (Å²) in [7, 11) is 0. The van der Waals surface area contributed by atoms with E-state index in [1.54, 1.807) is 10.3 Å². The lowest BCUT2D eigenvalue weighted by atomic mass is 10.2. The Morgan fingerprint density at radius 1 is 1.17 bits per heavy atom. The standard InChI is InChI=1S/C9H8N2S/c12-11-6-9(10-7-11)8-4-2-1-3-5-8/h1-7,12H. The van der Waals surface area contributed by atoms with Crippen LogP contribution in [-0.4, -0.2) is 8.96 Å². The monoisotopic (exact) mass is 176 g/mol. The third kappa shape index (κ3) is 1.36. The Morgan fingerprint density at radius 2 is 1.92 bits per heavy atom. The number of hydrogen-bond donors (Lipinski definition) is 1. The number of rotatable bonds is 1. The van der Waals surface area contributed by atoms with Gasteiger partial charge in [-0.3, -0.25) is 3.97 Å². The van der Waals surface area contributed by atoms with Gasteiger partial charge in [0.05, 0.1) is 5.69 Å². The van der Waals surface area contributed by atoms with Crippen LogP contribution in [0.5, 0.6) is 0 Å². The molecule has 1 aromatic heterocycles. The minimum absolute atomic E-state index is 0.950. The molecule has 60 valence electrons. The van der Waals surface area contributed by atoms with E-state index in [2.05, 4.69) is 17.8 Å². The largest absolute Gasteiger partial charge is 0.282 e. The van der Waals surface area contributed by atoms with Crippen molar-refractivity contribution in [3.8, 4) is 11.3 Å². The zero-order chi connectivity index (χ0) is 8.39. The fraction of sp³-hybridized carbons (Fsp3) is 0. The molecule has 0 aliphatic carbocycles. The van der Waals surface area contributed by atoms with E-state index in [0.717, 1.165) is 11.3 Å². The van der Waals surface area contributed by atoms with Crippen molar-refractivity contribution in [3.63, 3.8) is 0 Å². The van der Waals surface area contributed by atoms with Crippen molar-refractivity contribution in [2.45, 2.75) is 0 Å². The van der Waals surface area contributed by atoms with Crippen molar-refractivity contribution in [1.82, 2.24) is 8.96 Å². The number of imidazole rings is 1. The highest BCUT2D eigenvalue weighted by molar-refractivity contribution is 7.78. The molecular formula is C9H8N2S. The first kappa shape index (κ1) is 7.43. The molecule has 0 fully saturated rings. The van der Waals surface area contributed by atoms with Gasteiger partial charge < -0.3 is 0 Å². The Labute approximate surface area is 76.4 Å². The SMILES string of the molecule is Sn1cnc(-c2ccccc2)c1. The number of aromatic nitrogens is 2. The van der Waals surface area contributed by atoms with Crippen LogP contribution in [0.25, 0.3) is 11.3 Å². The summed E-state index contributed by atoms with van der Waals surface area (Å²) in [6, 6.07) is 10.0. The van der Waals surface area contributed by atoms with Gasteiger partial charge in [0, 0.05) is 11.8 Å². The van der Waals surface area contributed by atoms with Gasteiger partial charge in [0.2, 0.25) is 0 Å². The van der Waals surface area contributed by atoms with E-state index in [4.69, 9.17) is 0 Å². The smallest absolute Gasteiger partial charge is 0.105 e. The van der Waals surface area contributed by atoms with Gasteiger partial charge in [-0.25, -0.2) is 4.98 Å². The average molecular weight is 176 g/mol. The molecule has 1 aromatic carbocycles. The molecule has 2 nitrogen and oxygen atoms in total. The summed E-state index contributed by atoms with van der Waals surface area (Å²) in [4.78, 5) is 4.17. The van der Waals surface area contributed by atoms with Gasteiger partial charge in [-0.15, -0.1) is 0 Å². The molecule has 0 aliphatic rings. The quantitative estimate of drug-likeness (QED) is 0.660. The first-order valence-corrected chi connectivity index (χ1v) is 4.05. The summed E-state index contributed by atoms with van der Waals surface area (Å²) in [6.07, 6.45) is 3.55. The van der Waals surface area contributed by atoms with Crippen LogP contribution in [0.4, 0.5) is 0 Å². The van der Waals surface area contributed by atoms with Crippen LogP contribution in [0.15, 0.2) is 42.9 Å². The van der Waals surface area contributed by atoms with Crippen molar-refractivity contribution in [2.75, 3.05) is 0 Å². The minimum atomic E-state index is 0.950. The van der Waals surface area contributed by atoms with Crippen LogP contribution in [0.2, 0.25) is 0 Å². The molecule has 0 N–H and O–H groups in total. The first-order valence-electron chi connectivity index (χ1n) is 3.65. The zero-order valence-electron chi connectivity index (χ0n) is 6.38. The predicted molar refractivity (Wildman–Crippen MR) is 52.0 cm³/mol. The number of thiol groups is 1. The Morgan fingerprint density at radius 3 is 2.50 bits per heavy atom. The highest BCUT2D eigenvalue weighted by Gasteiger charge is 1.97. The molecule has 0 radical (unpaired) electrons. The van der Waals surface area contributed by atoms with Crippen LogP contribution in [-0.2, 0) is 0 Å². The average Bonchev–Trinajstić information content (AvgIpc) is 2.54. The van der Waals surface area contributed by atoms with E-state index in [1.807, 2.05) is 36.5 Å². The van der Waals surface area contributed by atoms with E-state index in [9.17, 15) is 0 Å². The third-order valence-corrected chi connectivity index (χ3v) is 1.86. The molecular weight excluding hydrogens is 168 g/mol. The van der Waals surface area contributed by atoms with Crippen molar-refractivity contribution >= 4 is 12.8 Å². The highest BCUT2D eigenvalue weighted by Crippen LogP contribution is 2.15. The van der Waals surface area contributed by atoms with Gasteiger partial charge >= 0.3 is 0 Å². The number of benzene rings is 1. The fourth-order valence-corrected chi connectivity index (χ4v) is 1.23. The Bertz CT molecular complexity index is 367. The second-order valence-electron chi connectivity index (χ2n) is 2.50. The first-order chi connectivity index (χ1) is 5.86. The molecule has 0 saturated carbocycles. The topological polar surface area (TPSA) is 17.8 Å². The summed E-state index contributed by atoms with van der Waals surface area (Å²) in [5.74, 6) is 0. The van der Waals surface area contributed by atoms with Crippen molar-refractivity contribution < 1.29 is 0 Å². The normalized spacial score (nSPS) is 10.1. The Balaban J connectivity index is 2.45. The van der Waals surface area contributed by atoms with Crippen LogP contribution in [0.3, 0.4) is 0 Å². The van der Waals surface area contributed by atoms with Crippen molar-refractivity contribution in [3.05, 3.63) is 42.9 Å². The molecule has 1 heterocycles. The predicted octanol–water partition coefficient (Wildman–Crippen LogP) is 2.24. The minimum Gasteiger partial charge on any atom is -0.282 e. The van der Waals surface area contributed by atoms with Crippen LogP contribution < -0.4 is 0 Å². The molecule has 0 spiro atoms. The second kappa shape index (κ2) is 3.03. The second-order valence-corrected chi connectivity index (χ2v) is 2.97. The summed E-state index contributed by atoms with van der Waals surface area (Å²) in [5, 5.41) is 0. The van der Waals surface area contributed by atoms with Crippen LogP contribution in [0, 0.1) is 0 Å². The Hall–Kier alpha value is -1.22. The Kier molecular flexibility index (Phi) is 1.87. The van der Waals surface area contributed by atoms with E-state index >= 15 is 0 Å². The fourth-order valence-electron chi connectivity index (χ4n) is 1.07. The third-order valence-electron chi connectivity index (χ3n) is 1.64. The van der Waals surface area contributed by atoms with Gasteiger partial charge in [-0.2, -0.15) is 0 Å². The summed E-state index contributed by atoms with van der Waals surface area (Å²) >= 11 is 4.11. The van der Waals surface area contributed by atoms with Crippen molar-refractivity contribution in [2.24, 2.45) is 0 Å². The molecule has 0 amide bonds. The van der Waals surface area contributed by atoms with Gasteiger partial charge in [-0.1, -0.05) is 43.1 Å². The molecule has 0 bridgehead atoms. The summed E-state index contributed by atoms with van der Waals surface area (Å²) in [6.45, 7) is 0. The summed E-state index contributed by atoms with van der Waals surface area (Å²) in [5.41, 5.74) is 2.07. The molecule has 12 heavy (non-hydrogen) atoms. The maximum absolute atomic E-state index is 4.17. The maximum Gasteiger partial charge on any atom is 0.105 e. The van der Waals surface area contributed by atoms with Crippen LogP contribution in [0.1, 0.15) is 0 Å². The molecule has 0 atom stereocenters. The number of hydrogen-bond acceptors (Lipinski definition) is 2. The zero-order valence-corrected chi connectivity index (χ0v) is 7.28. The number of nitrogens with zero attached hydrogens (tertiary/aromatic N) is 2. The maximum atomic E-state index is 4.17. The van der Waals surface area contributed by atoms with E-state index < -0.39 is 0 Å². The lowest BCUT2D eigenvalue weighted by Gasteiger charge is -1.92. The highest BCUT2D eigenvalue weighted by atomic mass is 32.1. The van der Waals surface area contributed by atoms with Gasteiger partial charge in [0.25, 0.3) is 0 Å². The van der Waals surface area contributed by atoms with E-state index in [0.29, 0.717) is 0 Å². The lowest BCUT2D eigenvalue weighted by Crippen LogP contribution is -1.74. The van der Waals surface area contributed by atoms with Crippen LogP contribution >= 0.6 is 12.8 Å². The molecule has 0 aliphatic heterocycles. The van der Waals surface area contributed by atoms with Crippen molar-refractivity contribution in [1.29, 1.82) is 0 Å².